The number of carbonyl (C=O) groups is 2. The van der Waals surface area contributed by atoms with Gasteiger partial charge in [0.15, 0.2) is 5.78 Å². The summed E-state index contributed by atoms with van der Waals surface area (Å²) in [6, 6.07) is 10.7. The number of hydrogen-bond donors (Lipinski definition) is 0. The summed E-state index contributed by atoms with van der Waals surface area (Å²) >= 11 is 1.98. The second-order valence-corrected chi connectivity index (χ2v) is 10.9. The van der Waals surface area contributed by atoms with Crippen LogP contribution in [-0.4, -0.2) is 16.8 Å². The minimum Gasteiger partial charge on any atom is -0.299 e. The number of rotatable bonds is 2. The van der Waals surface area contributed by atoms with Crippen LogP contribution in [-0.2, 0) is 9.59 Å². The van der Waals surface area contributed by atoms with Gasteiger partial charge in [-0.3, -0.25) is 9.59 Å². The Hall–Kier alpha value is -1.61. The Bertz CT molecular complexity index is 885. The largest absolute Gasteiger partial charge is 0.299 e. The molecule has 4 aliphatic rings. The van der Waals surface area contributed by atoms with Crippen molar-refractivity contribution >= 4 is 23.3 Å². The molecule has 146 valence electrons. The molecule has 0 N–H and O–H groups in total. The molecule has 1 aromatic carbocycles. The lowest BCUT2D eigenvalue weighted by atomic mass is 9.48. The third-order valence-corrected chi connectivity index (χ3v) is 9.79. The highest BCUT2D eigenvalue weighted by molar-refractivity contribution is 8.00. The number of fused-ring (bicyclic) bond motifs is 5. The van der Waals surface area contributed by atoms with E-state index in [1.807, 2.05) is 17.8 Å². The molecule has 0 heterocycles. The molecule has 2 nitrogen and oxygen atoms in total. The smallest absolute Gasteiger partial charge is 0.178 e. The summed E-state index contributed by atoms with van der Waals surface area (Å²) in [7, 11) is 0. The van der Waals surface area contributed by atoms with E-state index >= 15 is 0 Å². The molecular formula is C25H28O2S. The fraction of sp³-hybridized carbons (Fsp3) is 0.520. The molecule has 28 heavy (non-hydrogen) atoms. The van der Waals surface area contributed by atoms with E-state index in [2.05, 4.69) is 44.2 Å². The Kier molecular flexibility index (Phi) is 4.24. The molecule has 0 radical (unpaired) electrons. The summed E-state index contributed by atoms with van der Waals surface area (Å²) in [5.74, 6) is 1.62. The predicted octanol–water partition coefficient (Wildman–Crippen LogP) is 5.63. The van der Waals surface area contributed by atoms with Gasteiger partial charge in [0.25, 0.3) is 0 Å². The highest BCUT2D eigenvalue weighted by atomic mass is 32.2. The summed E-state index contributed by atoms with van der Waals surface area (Å²) in [5.41, 5.74) is 1.02. The lowest BCUT2D eigenvalue weighted by Gasteiger charge is -2.55. The van der Waals surface area contributed by atoms with Gasteiger partial charge in [-0.25, -0.2) is 0 Å². The van der Waals surface area contributed by atoms with Crippen LogP contribution in [0.25, 0.3) is 0 Å². The molecule has 0 aliphatic heterocycles. The van der Waals surface area contributed by atoms with Crippen molar-refractivity contribution in [3.05, 3.63) is 54.1 Å². The van der Waals surface area contributed by atoms with Gasteiger partial charge in [0, 0.05) is 27.9 Å². The van der Waals surface area contributed by atoms with Gasteiger partial charge in [0.05, 0.1) is 0 Å². The molecule has 3 saturated carbocycles. The lowest BCUT2D eigenvalue weighted by molar-refractivity contribution is -0.140. The molecular weight excluding hydrogens is 364 g/mol. The van der Waals surface area contributed by atoms with E-state index in [9.17, 15) is 9.59 Å². The van der Waals surface area contributed by atoms with Gasteiger partial charge in [0.1, 0.15) is 5.78 Å². The predicted molar refractivity (Wildman–Crippen MR) is 113 cm³/mol. The topological polar surface area (TPSA) is 34.1 Å². The number of allylic oxidation sites excluding steroid dienone is 4. The molecule has 1 aromatic rings. The Morgan fingerprint density at radius 2 is 1.82 bits per heavy atom. The molecule has 0 aromatic heterocycles. The van der Waals surface area contributed by atoms with Crippen LogP contribution in [0.2, 0.25) is 0 Å². The van der Waals surface area contributed by atoms with Crippen LogP contribution in [0.5, 0.6) is 0 Å². The van der Waals surface area contributed by atoms with E-state index in [1.54, 1.807) is 12.2 Å². The Balaban J connectivity index is 1.46. The second-order valence-electron chi connectivity index (χ2n) is 9.62. The fourth-order valence-electron chi connectivity index (χ4n) is 6.84. The Labute approximate surface area is 171 Å². The summed E-state index contributed by atoms with van der Waals surface area (Å²) in [4.78, 5) is 26.8. The third-order valence-electron chi connectivity index (χ3n) is 8.19. The highest BCUT2D eigenvalue weighted by Crippen LogP contribution is 2.65. The molecule has 0 bridgehead atoms. The van der Waals surface area contributed by atoms with Crippen molar-refractivity contribution in [3.8, 4) is 0 Å². The maximum Gasteiger partial charge on any atom is 0.178 e. The van der Waals surface area contributed by atoms with E-state index in [0.717, 1.165) is 12.8 Å². The normalized spacial score (nSPS) is 41.9. The average molecular weight is 393 g/mol. The minimum atomic E-state index is -0.250. The van der Waals surface area contributed by atoms with E-state index < -0.39 is 0 Å². The fourth-order valence-corrected chi connectivity index (χ4v) is 8.27. The van der Waals surface area contributed by atoms with Crippen molar-refractivity contribution in [1.29, 1.82) is 0 Å². The first kappa shape index (κ1) is 18.4. The van der Waals surface area contributed by atoms with Crippen molar-refractivity contribution in [2.45, 2.75) is 56.1 Å². The molecule has 3 fully saturated rings. The van der Waals surface area contributed by atoms with Gasteiger partial charge in [0.2, 0.25) is 0 Å². The van der Waals surface area contributed by atoms with E-state index in [-0.39, 0.29) is 22.5 Å². The van der Waals surface area contributed by atoms with Gasteiger partial charge < -0.3 is 0 Å². The molecule has 5 rings (SSSR count). The quantitative estimate of drug-likeness (QED) is 0.654. The van der Waals surface area contributed by atoms with Crippen molar-refractivity contribution in [2.24, 2.45) is 28.6 Å². The van der Waals surface area contributed by atoms with Gasteiger partial charge in [-0.05, 0) is 67.2 Å². The van der Waals surface area contributed by atoms with Gasteiger partial charge in [-0.2, -0.15) is 0 Å². The average Bonchev–Trinajstić information content (AvgIpc) is 2.99. The number of Topliss-reactive ketones (excluding diaryl/α,β-unsaturated/α-hetero) is 1. The molecule has 6 atom stereocenters. The minimum absolute atomic E-state index is 0.0513. The highest BCUT2D eigenvalue weighted by Gasteiger charge is 2.61. The summed E-state index contributed by atoms with van der Waals surface area (Å²) in [6.07, 6.45) is 10.7. The van der Waals surface area contributed by atoms with Crippen LogP contribution in [0, 0.1) is 28.6 Å². The van der Waals surface area contributed by atoms with Crippen molar-refractivity contribution in [1.82, 2.24) is 0 Å². The summed E-state index contributed by atoms with van der Waals surface area (Å²) in [5, 5.41) is 0.512. The summed E-state index contributed by atoms with van der Waals surface area (Å²) < 4.78 is 0. The second kappa shape index (κ2) is 6.45. The van der Waals surface area contributed by atoms with Crippen molar-refractivity contribution < 1.29 is 9.59 Å². The van der Waals surface area contributed by atoms with E-state index in [1.165, 1.54) is 23.3 Å². The number of carbonyl (C=O) groups excluding carboxylic acids is 2. The maximum atomic E-state index is 13.6. The zero-order valence-corrected chi connectivity index (χ0v) is 17.5. The first-order valence-corrected chi connectivity index (χ1v) is 11.5. The summed E-state index contributed by atoms with van der Waals surface area (Å²) in [6.45, 7) is 4.58. The molecule has 0 spiro atoms. The first-order chi connectivity index (χ1) is 13.4. The SMILES string of the molecule is C[C@]12C=CC(=O)C=C1CCC1C2C(=O)C[C@@]2(C)C1CC[C@H]2Sc1ccccc1. The zero-order chi connectivity index (χ0) is 19.5. The van der Waals surface area contributed by atoms with Crippen LogP contribution >= 0.6 is 11.8 Å². The van der Waals surface area contributed by atoms with Crippen LogP contribution in [0.3, 0.4) is 0 Å². The zero-order valence-electron chi connectivity index (χ0n) is 16.7. The molecule has 3 unspecified atom stereocenters. The molecule has 0 amide bonds. The van der Waals surface area contributed by atoms with Crippen molar-refractivity contribution in [3.63, 3.8) is 0 Å². The lowest BCUT2D eigenvalue weighted by Crippen LogP contribution is -2.54. The van der Waals surface area contributed by atoms with Gasteiger partial charge in [-0.1, -0.05) is 43.7 Å². The van der Waals surface area contributed by atoms with Crippen LogP contribution in [0.15, 0.2) is 59.0 Å². The van der Waals surface area contributed by atoms with Crippen LogP contribution in [0.1, 0.15) is 46.0 Å². The number of hydrogen-bond acceptors (Lipinski definition) is 3. The molecule has 4 aliphatic carbocycles. The third kappa shape index (κ3) is 2.62. The molecule has 0 saturated heterocycles. The number of ketones is 2. The van der Waals surface area contributed by atoms with Gasteiger partial charge >= 0.3 is 0 Å². The van der Waals surface area contributed by atoms with E-state index in [0.29, 0.717) is 29.3 Å². The monoisotopic (exact) mass is 392 g/mol. The van der Waals surface area contributed by atoms with E-state index in [4.69, 9.17) is 0 Å². The Morgan fingerprint density at radius 1 is 1.04 bits per heavy atom. The van der Waals surface area contributed by atoms with Crippen LogP contribution in [0.4, 0.5) is 0 Å². The standard InChI is InChI=1S/C25H28O2S/c1-24-13-12-17(26)14-16(24)8-9-19-20-10-11-22(28-18-6-4-3-5-7-18)25(20,2)15-21(27)23(19)24/h3-7,12-14,19-20,22-23H,8-11,15H2,1-2H3/t19?,20?,22-,23?,24+,25+/m1/s1. The first-order valence-electron chi connectivity index (χ1n) is 10.6. The van der Waals surface area contributed by atoms with Crippen molar-refractivity contribution in [2.75, 3.05) is 0 Å². The Morgan fingerprint density at radius 3 is 2.61 bits per heavy atom. The van der Waals surface area contributed by atoms with Gasteiger partial charge in [-0.15, -0.1) is 11.8 Å². The number of thioether (sulfide) groups is 1. The maximum absolute atomic E-state index is 13.6. The number of benzene rings is 1. The van der Waals surface area contributed by atoms with Crippen LogP contribution < -0.4 is 0 Å². The molecule has 3 heteroatoms.